The minimum atomic E-state index is -0.811. The van der Waals surface area contributed by atoms with E-state index in [1.165, 1.54) is 6.07 Å². The molecule has 0 bridgehead atoms. The third-order valence-corrected chi connectivity index (χ3v) is 3.86. The second kappa shape index (κ2) is 8.62. The maximum absolute atomic E-state index is 12.4. The highest BCUT2D eigenvalue weighted by Crippen LogP contribution is 2.27. The molecule has 1 atom stereocenters. The van der Waals surface area contributed by atoms with Crippen LogP contribution in [0, 0.1) is 21.4 Å². The first kappa shape index (κ1) is 18.9. The fourth-order valence-electron chi connectivity index (χ4n) is 2.56. The molecule has 0 amide bonds. The molecule has 0 saturated heterocycles. The Bertz CT molecular complexity index is 841. The number of carbonyl (C=O) groups excluding carboxylic acids is 1. The van der Waals surface area contributed by atoms with Gasteiger partial charge in [0, 0.05) is 17.3 Å². The van der Waals surface area contributed by atoms with Crippen molar-refractivity contribution in [1.82, 2.24) is 0 Å². The Labute approximate surface area is 151 Å². The lowest BCUT2D eigenvalue weighted by atomic mass is 10.0. The Hall–Kier alpha value is -3.40. The van der Waals surface area contributed by atoms with E-state index in [1.807, 2.05) is 13.0 Å². The molecule has 0 aromatic heterocycles. The summed E-state index contributed by atoms with van der Waals surface area (Å²) in [6.45, 7) is 3.75. The Balaban J connectivity index is 2.39. The number of hydrogen-bond donors (Lipinski definition) is 1. The molecule has 2 aromatic rings. The molecule has 1 unspecified atom stereocenters. The van der Waals surface area contributed by atoms with E-state index < -0.39 is 16.9 Å². The lowest BCUT2D eigenvalue weighted by molar-refractivity contribution is -0.385. The molecule has 0 radical (unpaired) electrons. The molecule has 7 heteroatoms. The van der Waals surface area contributed by atoms with Crippen molar-refractivity contribution >= 4 is 17.3 Å². The van der Waals surface area contributed by atoms with Gasteiger partial charge in [0.15, 0.2) is 6.04 Å². The number of nitrogens with zero attached hydrogens (tertiary/aromatic N) is 2. The molecule has 0 fully saturated rings. The summed E-state index contributed by atoms with van der Waals surface area (Å²) in [6.07, 6.45) is 0.469. The first-order chi connectivity index (χ1) is 12.5. The van der Waals surface area contributed by atoms with Crippen LogP contribution < -0.4 is 5.32 Å². The standard InChI is InChI=1S/C19H19N3O4/c1-3-14-11-15(7-10-17(14)22(24)25)18(19(23)26-4-2)21-16-8-5-13(12-20)6-9-16/h5-11,18,21H,3-4H2,1-2H3. The molecule has 26 heavy (non-hydrogen) atoms. The van der Waals surface area contributed by atoms with Gasteiger partial charge < -0.3 is 10.1 Å². The summed E-state index contributed by atoms with van der Waals surface area (Å²) in [5.74, 6) is -0.479. The fraction of sp³-hybridized carbons (Fsp3) is 0.263. The highest BCUT2D eigenvalue weighted by molar-refractivity contribution is 5.81. The van der Waals surface area contributed by atoms with Crippen molar-refractivity contribution in [3.8, 4) is 6.07 Å². The van der Waals surface area contributed by atoms with E-state index in [-0.39, 0.29) is 12.3 Å². The molecule has 2 rings (SSSR count). The second-order valence-corrected chi connectivity index (χ2v) is 5.52. The minimum Gasteiger partial charge on any atom is -0.464 e. The summed E-state index contributed by atoms with van der Waals surface area (Å²) >= 11 is 0. The van der Waals surface area contributed by atoms with Crippen molar-refractivity contribution < 1.29 is 14.5 Å². The van der Waals surface area contributed by atoms with Gasteiger partial charge in [-0.15, -0.1) is 0 Å². The fourth-order valence-corrected chi connectivity index (χ4v) is 2.56. The number of carbonyl (C=O) groups is 1. The van der Waals surface area contributed by atoms with Gasteiger partial charge in [-0.05, 0) is 55.3 Å². The summed E-state index contributed by atoms with van der Waals surface area (Å²) in [5.41, 5.74) is 2.29. The number of nitrogens with one attached hydrogen (secondary N) is 1. The van der Waals surface area contributed by atoms with E-state index >= 15 is 0 Å². The van der Waals surface area contributed by atoms with E-state index in [2.05, 4.69) is 5.32 Å². The molecular formula is C19H19N3O4. The van der Waals surface area contributed by atoms with Crippen LogP contribution in [-0.2, 0) is 16.0 Å². The summed E-state index contributed by atoms with van der Waals surface area (Å²) in [5, 5.41) is 23.1. The van der Waals surface area contributed by atoms with Crippen molar-refractivity contribution in [2.45, 2.75) is 26.3 Å². The molecule has 2 aromatic carbocycles. The second-order valence-electron chi connectivity index (χ2n) is 5.52. The number of rotatable bonds is 7. The van der Waals surface area contributed by atoms with Crippen molar-refractivity contribution in [1.29, 1.82) is 5.26 Å². The third-order valence-electron chi connectivity index (χ3n) is 3.86. The zero-order chi connectivity index (χ0) is 19.1. The van der Waals surface area contributed by atoms with Crippen LogP contribution in [-0.4, -0.2) is 17.5 Å². The molecule has 0 aliphatic heterocycles. The van der Waals surface area contributed by atoms with Gasteiger partial charge in [-0.25, -0.2) is 4.79 Å². The monoisotopic (exact) mass is 353 g/mol. The summed E-state index contributed by atoms with van der Waals surface area (Å²) in [7, 11) is 0. The number of benzene rings is 2. The molecule has 0 aliphatic rings. The van der Waals surface area contributed by atoms with Crippen molar-refractivity contribution in [3.05, 3.63) is 69.3 Å². The predicted octanol–water partition coefficient (Wildman–Crippen LogP) is 3.75. The number of nitriles is 1. The van der Waals surface area contributed by atoms with Gasteiger partial charge >= 0.3 is 5.97 Å². The number of hydrogen-bond acceptors (Lipinski definition) is 6. The average molecular weight is 353 g/mol. The van der Waals surface area contributed by atoms with Crippen LogP contribution in [0.25, 0.3) is 0 Å². The van der Waals surface area contributed by atoms with Crippen LogP contribution in [0.1, 0.15) is 36.6 Å². The van der Waals surface area contributed by atoms with Crippen molar-refractivity contribution in [3.63, 3.8) is 0 Å². The molecule has 1 N–H and O–H groups in total. The molecule has 7 nitrogen and oxygen atoms in total. The lowest BCUT2D eigenvalue weighted by Gasteiger charge is -2.19. The SMILES string of the molecule is CCOC(=O)C(Nc1ccc(C#N)cc1)c1ccc([N+](=O)[O-])c(CC)c1. The van der Waals surface area contributed by atoms with Gasteiger partial charge in [-0.3, -0.25) is 10.1 Å². The average Bonchev–Trinajstić information content (AvgIpc) is 2.66. The molecule has 0 heterocycles. The molecule has 134 valence electrons. The third kappa shape index (κ3) is 4.36. The lowest BCUT2D eigenvalue weighted by Crippen LogP contribution is -2.23. The zero-order valence-electron chi connectivity index (χ0n) is 14.6. The number of ether oxygens (including phenoxy) is 1. The maximum atomic E-state index is 12.4. The van der Waals surface area contributed by atoms with Crippen LogP contribution in [0.4, 0.5) is 11.4 Å². The van der Waals surface area contributed by atoms with Gasteiger partial charge in [0.1, 0.15) is 0 Å². The van der Waals surface area contributed by atoms with Crippen LogP contribution in [0.3, 0.4) is 0 Å². The van der Waals surface area contributed by atoms with E-state index in [0.29, 0.717) is 28.8 Å². The summed E-state index contributed by atoms with van der Waals surface area (Å²) in [6, 6.07) is 12.5. The highest BCUT2D eigenvalue weighted by atomic mass is 16.6. The topological polar surface area (TPSA) is 105 Å². The van der Waals surface area contributed by atoms with E-state index in [4.69, 9.17) is 10.00 Å². The van der Waals surface area contributed by atoms with E-state index in [9.17, 15) is 14.9 Å². The van der Waals surface area contributed by atoms with Crippen molar-refractivity contribution in [2.75, 3.05) is 11.9 Å². The first-order valence-corrected chi connectivity index (χ1v) is 8.20. The minimum absolute atomic E-state index is 0.0252. The van der Waals surface area contributed by atoms with Gasteiger partial charge in [-0.1, -0.05) is 6.92 Å². The largest absolute Gasteiger partial charge is 0.464 e. The number of nitro benzene ring substituents is 1. The van der Waals surface area contributed by atoms with Crippen LogP contribution in [0.2, 0.25) is 0 Å². The Kier molecular flexibility index (Phi) is 6.28. The normalized spacial score (nSPS) is 11.3. The first-order valence-electron chi connectivity index (χ1n) is 8.20. The number of nitro groups is 1. The van der Waals surface area contributed by atoms with Crippen molar-refractivity contribution in [2.24, 2.45) is 0 Å². The summed E-state index contributed by atoms with van der Waals surface area (Å²) in [4.78, 5) is 23.1. The van der Waals surface area contributed by atoms with Crippen LogP contribution in [0.15, 0.2) is 42.5 Å². The Morgan fingerprint density at radius 2 is 1.96 bits per heavy atom. The molecule has 0 aliphatic carbocycles. The van der Waals surface area contributed by atoms with Gasteiger partial charge in [0.05, 0.1) is 23.2 Å². The smallest absolute Gasteiger partial charge is 0.333 e. The zero-order valence-corrected chi connectivity index (χ0v) is 14.6. The highest BCUT2D eigenvalue weighted by Gasteiger charge is 2.24. The van der Waals surface area contributed by atoms with Gasteiger partial charge in [0.25, 0.3) is 5.69 Å². The van der Waals surface area contributed by atoms with Crippen LogP contribution >= 0.6 is 0 Å². The number of aryl methyl sites for hydroxylation is 1. The summed E-state index contributed by atoms with van der Waals surface area (Å²) < 4.78 is 5.14. The molecule has 0 spiro atoms. The predicted molar refractivity (Wildman–Crippen MR) is 96.6 cm³/mol. The van der Waals surface area contributed by atoms with E-state index in [1.54, 1.807) is 43.3 Å². The van der Waals surface area contributed by atoms with E-state index in [0.717, 1.165) is 0 Å². The maximum Gasteiger partial charge on any atom is 0.333 e. The van der Waals surface area contributed by atoms with Gasteiger partial charge in [0.2, 0.25) is 0 Å². The molecule has 0 saturated carbocycles. The van der Waals surface area contributed by atoms with Crippen LogP contribution in [0.5, 0.6) is 0 Å². The van der Waals surface area contributed by atoms with Gasteiger partial charge in [-0.2, -0.15) is 5.26 Å². The number of esters is 1. The Morgan fingerprint density at radius 1 is 1.27 bits per heavy atom. The quantitative estimate of drug-likeness (QED) is 0.462. The number of anilines is 1. The molecular weight excluding hydrogens is 334 g/mol. The Morgan fingerprint density at radius 3 is 2.50 bits per heavy atom.